The molecule has 2 aromatic carbocycles. The third-order valence-corrected chi connectivity index (χ3v) is 7.28. The highest BCUT2D eigenvalue weighted by molar-refractivity contribution is 7.90. The van der Waals surface area contributed by atoms with Crippen LogP contribution in [-0.4, -0.2) is 37.5 Å². The smallest absolute Gasteiger partial charge is 0.281 e. The molecule has 9 nitrogen and oxygen atoms in total. The van der Waals surface area contributed by atoms with Crippen molar-refractivity contribution in [3.63, 3.8) is 0 Å². The first kappa shape index (κ1) is 30.4. The molecule has 1 amide bonds. The molecule has 42 heavy (non-hydrogen) atoms. The molecule has 220 valence electrons. The zero-order valence-corrected chi connectivity index (χ0v) is 24.2. The lowest BCUT2D eigenvalue weighted by atomic mass is 10.1. The van der Waals surface area contributed by atoms with Crippen molar-refractivity contribution in [1.82, 2.24) is 14.7 Å². The van der Waals surface area contributed by atoms with Gasteiger partial charge in [0.25, 0.3) is 15.9 Å². The summed E-state index contributed by atoms with van der Waals surface area (Å²) >= 11 is 0. The Morgan fingerprint density at radius 2 is 1.74 bits per heavy atom. The molecule has 0 spiro atoms. The van der Waals surface area contributed by atoms with Crippen LogP contribution in [-0.2, 0) is 16.4 Å². The zero-order chi connectivity index (χ0) is 30.1. The van der Waals surface area contributed by atoms with Gasteiger partial charge in [-0.15, -0.1) is 0 Å². The molecule has 0 unspecified atom stereocenters. The molecule has 0 radical (unpaired) electrons. The van der Waals surface area contributed by atoms with Crippen molar-refractivity contribution in [3.05, 3.63) is 95.8 Å². The summed E-state index contributed by atoms with van der Waals surface area (Å²) in [6, 6.07) is 21.2. The number of nitrogen functional groups attached to an aromatic ring is 1. The first-order valence-electron chi connectivity index (χ1n) is 13.5. The Balaban J connectivity index is 1.58. The maximum atomic E-state index is 14.5. The van der Waals surface area contributed by atoms with Crippen molar-refractivity contribution < 1.29 is 27.1 Å². The summed E-state index contributed by atoms with van der Waals surface area (Å²) in [6.45, 7) is 4.60. The Morgan fingerprint density at radius 3 is 2.48 bits per heavy atom. The van der Waals surface area contributed by atoms with Crippen molar-refractivity contribution in [2.45, 2.75) is 38.1 Å². The molecule has 0 saturated heterocycles. The first-order chi connectivity index (χ1) is 20.1. The quantitative estimate of drug-likeness (QED) is 0.197. The maximum Gasteiger partial charge on any atom is 0.281 e. The molecule has 3 N–H and O–H groups in total. The normalized spacial score (nSPS) is 11.3. The molecule has 4 aromatic rings. The number of aryl methyl sites for hydroxylation is 1. The summed E-state index contributed by atoms with van der Waals surface area (Å²) in [6.07, 6.45) is 2.32. The van der Waals surface area contributed by atoms with E-state index in [2.05, 4.69) is 9.97 Å². The van der Waals surface area contributed by atoms with Crippen molar-refractivity contribution >= 4 is 21.7 Å². The maximum absolute atomic E-state index is 14.5. The van der Waals surface area contributed by atoms with Crippen LogP contribution in [0.5, 0.6) is 11.6 Å². The molecule has 0 atom stereocenters. The number of unbranched alkanes of at least 4 members (excludes halogenated alkanes) is 1. The minimum Gasteiger partial charge on any atom is -0.493 e. The standard InChI is InChI=1S/C31H33FN4O5S/c1-21(2)20-41-25-18-23(17-24(32)19-25)27-15-14-26(30(37)36-42(38,39)29-13-8-12-28(33)35-29)31(34-27)40-16-7-6-11-22-9-4-3-5-10-22/h3-5,8-10,12-15,17-19,21H,6-7,11,16,20H2,1-2H3,(H2,33,35)(H,36,37). The van der Waals surface area contributed by atoms with E-state index in [0.29, 0.717) is 30.0 Å². The third kappa shape index (κ3) is 8.50. The lowest BCUT2D eigenvalue weighted by Gasteiger charge is -2.14. The number of carbonyl (C=O) groups is 1. The number of halogens is 1. The van der Waals surface area contributed by atoms with Crippen LogP contribution in [0.4, 0.5) is 10.2 Å². The molecular weight excluding hydrogens is 559 g/mol. The number of nitrogens with two attached hydrogens (primary N) is 1. The van der Waals surface area contributed by atoms with Crippen molar-refractivity contribution in [2.24, 2.45) is 5.92 Å². The monoisotopic (exact) mass is 592 g/mol. The van der Waals surface area contributed by atoms with Crippen LogP contribution >= 0.6 is 0 Å². The Kier molecular flexibility index (Phi) is 10.1. The number of hydrogen-bond acceptors (Lipinski definition) is 8. The average Bonchev–Trinajstić information content (AvgIpc) is 2.96. The Hall–Kier alpha value is -4.51. The number of sulfonamides is 1. The summed E-state index contributed by atoms with van der Waals surface area (Å²) in [5.41, 5.74) is 7.42. The predicted octanol–water partition coefficient (Wildman–Crippen LogP) is 5.42. The average molecular weight is 593 g/mol. The number of carbonyl (C=O) groups excluding carboxylic acids is 1. The SMILES string of the molecule is CC(C)COc1cc(F)cc(-c2ccc(C(=O)NS(=O)(=O)c3cccc(N)n3)c(OCCCCc3ccccc3)n2)c1. The van der Waals surface area contributed by atoms with Gasteiger partial charge >= 0.3 is 0 Å². The number of rotatable bonds is 13. The lowest BCUT2D eigenvalue weighted by molar-refractivity contribution is 0.0976. The third-order valence-electron chi connectivity index (χ3n) is 6.04. The Bertz CT molecular complexity index is 1630. The van der Waals surface area contributed by atoms with E-state index < -0.39 is 26.8 Å². The van der Waals surface area contributed by atoms with E-state index in [-0.39, 0.29) is 29.8 Å². The fourth-order valence-corrected chi connectivity index (χ4v) is 4.94. The van der Waals surface area contributed by atoms with Gasteiger partial charge in [-0.05, 0) is 67.1 Å². The molecule has 0 saturated carbocycles. The first-order valence-corrected chi connectivity index (χ1v) is 15.0. The van der Waals surface area contributed by atoms with Crippen molar-refractivity contribution in [2.75, 3.05) is 18.9 Å². The zero-order valence-electron chi connectivity index (χ0n) is 23.4. The highest BCUT2D eigenvalue weighted by Crippen LogP contribution is 2.28. The van der Waals surface area contributed by atoms with Crippen molar-refractivity contribution in [3.8, 4) is 22.9 Å². The molecule has 0 aliphatic carbocycles. The number of pyridine rings is 2. The summed E-state index contributed by atoms with van der Waals surface area (Å²) in [4.78, 5) is 21.4. The van der Waals surface area contributed by atoms with E-state index in [1.165, 1.54) is 48.0 Å². The van der Waals surface area contributed by atoms with E-state index in [1.807, 2.05) is 48.9 Å². The van der Waals surface area contributed by atoms with Gasteiger partial charge in [-0.1, -0.05) is 50.2 Å². The summed E-state index contributed by atoms with van der Waals surface area (Å²) < 4.78 is 53.7. The van der Waals surface area contributed by atoms with Gasteiger partial charge in [0.05, 0.1) is 18.9 Å². The molecule has 0 fully saturated rings. The van der Waals surface area contributed by atoms with E-state index >= 15 is 0 Å². The second kappa shape index (κ2) is 13.9. The predicted molar refractivity (Wildman–Crippen MR) is 158 cm³/mol. The number of ether oxygens (including phenoxy) is 2. The van der Waals surface area contributed by atoms with E-state index in [4.69, 9.17) is 15.2 Å². The van der Waals surface area contributed by atoms with E-state index in [9.17, 15) is 17.6 Å². The fraction of sp³-hybridized carbons (Fsp3) is 0.258. The lowest BCUT2D eigenvalue weighted by Crippen LogP contribution is -2.31. The molecule has 0 aliphatic rings. The van der Waals surface area contributed by atoms with Gasteiger partial charge in [-0.25, -0.2) is 19.1 Å². The number of hydrogen-bond donors (Lipinski definition) is 2. The molecule has 2 heterocycles. The molecule has 0 bridgehead atoms. The summed E-state index contributed by atoms with van der Waals surface area (Å²) in [5, 5.41) is -0.405. The minimum absolute atomic E-state index is 0.0114. The van der Waals surface area contributed by atoms with Crippen molar-refractivity contribution in [1.29, 1.82) is 0 Å². The Morgan fingerprint density at radius 1 is 0.952 bits per heavy atom. The van der Waals surface area contributed by atoms with E-state index in [1.54, 1.807) is 6.07 Å². The van der Waals surface area contributed by atoms with Gasteiger partial charge in [0, 0.05) is 11.6 Å². The highest BCUT2D eigenvalue weighted by Gasteiger charge is 2.24. The summed E-state index contributed by atoms with van der Waals surface area (Å²) in [5.74, 6) is -0.992. The van der Waals surface area contributed by atoms with Gasteiger partial charge in [0.1, 0.15) is 22.9 Å². The minimum atomic E-state index is -4.33. The van der Waals surface area contributed by atoms with Gasteiger partial charge in [0.15, 0.2) is 5.03 Å². The van der Waals surface area contributed by atoms with Crippen LogP contribution in [0.25, 0.3) is 11.3 Å². The molecule has 2 aromatic heterocycles. The van der Waals surface area contributed by atoms with Crippen LogP contribution < -0.4 is 19.9 Å². The number of aromatic nitrogens is 2. The number of amides is 1. The fourth-order valence-electron chi connectivity index (χ4n) is 4.00. The molecule has 0 aliphatic heterocycles. The molecular formula is C31H33FN4O5S. The topological polar surface area (TPSA) is 134 Å². The van der Waals surface area contributed by atoms with Crippen LogP contribution in [0, 0.1) is 11.7 Å². The van der Waals surface area contributed by atoms with Gasteiger partial charge in [0.2, 0.25) is 5.88 Å². The number of nitrogens with one attached hydrogen (secondary N) is 1. The molecule has 11 heteroatoms. The second-order valence-electron chi connectivity index (χ2n) is 10.1. The van der Waals surface area contributed by atoms with Crippen LogP contribution in [0.1, 0.15) is 42.6 Å². The van der Waals surface area contributed by atoms with Gasteiger partial charge in [-0.2, -0.15) is 8.42 Å². The highest BCUT2D eigenvalue weighted by atomic mass is 32.2. The summed E-state index contributed by atoms with van der Waals surface area (Å²) in [7, 11) is -4.33. The molecule has 4 rings (SSSR count). The number of anilines is 1. The van der Waals surface area contributed by atoms with Gasteiger partial charge in [-0.3, -0.25) is 4.79 Å². The van der Waals surface area contributed by atoms with Gasteiger partial charge < -0.3 is 15.2 Å². The van der Waals surface area contributed by atoms with Crippen LogP contribution in [0.15, 0.2) is 83.9 Å². The number of benzene rings is 2. The van der Waals surface area contributed by atoms with E-state index in [0.717, 1.165) is 12.8 Å². The van der Waals surface area contributed by atoms with Crippen LogP contribution in [0.3, 0.4) is 0 Å². The number of nitrogens with zero attached hydrogens (tertiary/aromatic N) is 2. The Labute approximate surface area is 245 Å². The largest absolute Gasteiger partial charge is 0.493 e. The van der Waals surface area contributed by atoms with Crippen LogP contribution in [0.2, 0.25) is 0 Å². The second-order valence-corrected chi connectivity index (χ2v) is 11.7.